The Balaban J connectivity index is 1.48. The normalized spacial score (nSPS) is 10.8. The summed E-state index contributed by atoms with van der Waals surface area (Å²) in [5.74, 6) is 0. The molecule has 1 aromatic heterocycles. The zero-order valence-corrected chi connectivity index (χ0v) is 16.5. The highest BCUT2D eigenvalue weighted by Gasteiger charge is 2.05. The highest BCUT2D eigenvalue weighted by molar-refractivity contribution is 5.88. The van der Waals surface area contributed by atoms with Crippen molar-refractivity contribution in [3.05, 3.63) is 95.6 Å². The first kappa shape index (κ1) is 20.7. The van der Waals surface area contributed by atoms with Crippen molar-refractivity contribution in [2.75, 3.05) is 13.2 Å². The summed E-state index contributed by atoms with van der Waals surface area (Å²) in [6.07, 6.45) is 7.37. The number of nitrogens with one attached hydrogen (secondary N) is 1. The van der Waals surface area contributed by atoms with Gasteiger partial charge in [0.1, 0.15) is 6.07 Å². The number of aromatic nitrogens is 2. The van der Waals surface area contributed by atoms with Gasteiger partial charge in [-0.3, -0.25) is 9.97 Å². The summed E-state index contributed by atoms with van der Waals surface area (Å²) in [6, 6.07) is 19.9. The lowest BCUT2D eigenvalue weighted by Crippen LogP contribution is -2.27. The van der Waals surface area contributed by atoms with Crippen molar-refractivity contribution >= 4 is 17.7 Å². The smallest absolute Gasteiger partial charge is 0.407 e. The molecule has 2 aromatic carbocycles. The maximum absolute atomic E-state index is 11.8. The summed E-state index contributed by atoms with van der Waals surface area (Å²) in [6.45, 7) is 0.808. The van der Waals surface area contributed by atoms with Gasteiger partial charge in [-0.05, 0) is 29.2 Å². The fraction of sp³-hybridized carbons (Fsp3) is 0.167. The number of carbonyl (C=O) groups is 1. The maximum Gasteiger partial charge on any atom is 0.407 e. The van der Waals surface area contributed by atoms with E-state index in [2.05, 4.69) is 21.4 Å². The zero-order chi connectivity index (χ0) is 21.0. The number of rotatable bonds is 8. The molecule has 0 aliphatic heterocycles. The Bertz CT molecular complexity index is 1030. The second-order valence-corrected chi connectivity index (χ2v) is 6.55. The fourth-order valence-corrected chi connectivity index (χ4v) is 2.87. The molecule has 0 aliphatic carbocycles. The number of allylic oxidation sites excluding steroid dienone is 1. The first-order valence-corrected chi connectivity index (χ1v) is 9.66. The van der Waals surface area contributed by atoms with Crippen molar-refractivity contribution in [1.29, 1.82) is 5.26 Å². The van der Waals surface area contributed by atoms with Crippen molar-refractivity contribution in [3.63, 3.8) is 0 Å². The Morgan fingerprint density at radius 1 is 1.07 bits per heavy atom. The third kappa shape index (κ3) is 6.57. The molecule has 3 aromatic rings. The third-order valence-corrected chi connectivity index (χ3v) is 4.37. The summed E-state index contributed by atoms with van der Waals surface area (Å²) < 4.78 is 5.26. The van der Waals surface area contributed by atoms with Crippen LogP contribution in [0.25, 0.3) is 11.6 Å². The van der Waals surface area contributed by atoms with Gasteiger partial charge in [0.25, 0.3) is 0 Å². The lowest BCUT2D eigenvalue weighted by molar-refractivity contribution is 0.147. The lowest BCUT2D eigenvalue weighted by Gasteiger charge is -2.08. The van der Waals surface area contributed by atoms with E-state index in [4.69, 9.17) is 4.74 Å². The van der Waals surface area contributed by atoms with Gasteiger partial charge in [0.15, 0.2) is 0 Å². The van der Waals surface area contributed by atoms with E-state index < -0.39 is 6.09 Å². The van der Waals surface area contributed by atoms with Crippen LogP contribution in [-0.2, 0) is 17.6 Å². The Hall–Kier alpha value is -3.98. The summed E-state index contributed by atoms with van der Waals surface area (Å²) in [7, 11) is 0. The third-order valence-electron chi connectivity index (χ3n) is 4.37. The molecular formula is C24H22N4O2. The van der Waals surface area contributed by atoms with Gasteiger partial charge in [0, 0.05) is 25.4 Å². The van der Waals surface area contributed by atoms with Crippen LogP contribution in [0, 0.1) is 11.3 Å². The summed E-state index contributed by atoms with van der Waals surface area (Å²) >= 11 is 0. The molecule has 0 atom stereocenters. The summed E-state index contributed by atoms with van der Waals surface area (Å²) in [5.41, 5.74) is 4.02. The molecule has 0 saturated carbocycles. The molecule has 1 heterocycles. The number of hydrogen-bond acceptors (Lipinski definition) is 5. The minimum absolute atomic E-state index is 0.277. The van der Waals surface area contributed by atoms with Crippen LogP contribution in [0.5, 0.6) is 0 Å². The predicted octanol–water partition coefficient (Wildman–Crippen LogP) is 4.05. The SMILES string of the molecule is N#CC(=Cc1cccc(CCOC(=O)NCCc2ccccc2)c1)c1cnccn1. The van der Waals surface area contributed by atoms with Crippen LogP contribution in [-0.4, -0.2) is 29.2 Å². The molecule has 0 radical (unpaired) electrons. The number of nitriles is 1. The van der Waals surface area contributed by atoms with Crippen LogP contribution >= 0.6 is 0 Å². The molecule has 0 spiro atoms. The Morgan fingerprint density at radius 3 is 2.67 bits per heavy atom. The van der Waals surface area contributed by atoms with Gasteiger partial charge in [0.2, 0.25) is 0 Å². The molecule has 0 bridgehead atoms. The average molecular weight is 398 g/mol. The van der Waals surface area contributed by atoms with Crippen LogP contribution in [0.1, 0.15) is 22.4 Å². The molecule has 150 valence electrons. The summed E-state index contributed by atoms with van der Waals surface area (Å²) in [4.78, 5) is 20.0. The van der Waals surface area contributed by atoms with Gasteiger partial charge in [-0.1, -0.05) is 54.6 Å². The topological polar surface area (TPSA) is 87.9 Å². The molecule has 1 N–H and O–H groups in total. The molecule has 1 amide bonds. The van der Waals surface area contributed by atoms with E-state index in [-0.39, 0.29) is 6.61 Å². The van der Waals surface area contributed by atoms with E-state index in [0.717, 1.165) is 17.5 Å². The molecule has 0 aliphatic rings. The number of hydrogen-bond donors (Lipinski definition) is 1. The van der Waals surface area contributed by atoms with E-state index in [0.29, 0.717) is 24.2 Å². The largest absolute Gasteiger partial charge is 0.449 e. The highest BCUT2D eigenvalue weighted by atomic mass is 16.5. The van der Waals surface area contributed by atoms with Gasteiger partial charge >= 0.3 is 6.09 Å². The zero-order valence-electron chi connectivity index (χ0n) is 16.5. The minimum Gasteiger partial charge on any atom is -0.449 e. The van der Waals surface area contributed by atoms with Crippen LogP contribution in [0.15, 0.2) is 73.2 Å². The Kier molecular flexibility index (Phi) is 7.69. The van der Waals surface area contributed by atoms with E-state index in [1.807, 2.05) is 54.6 Å². The average Bonchev–Trinajstić information content (AvgIpc) is 2.79. The number of benzene rings is 2. The van der Waals surface area contributed by atoms with Gasteiger partial charge in [-0.25, -0.2) is 4.79 Å². The second-order valence-electron chi connectivity index (χ2n) is 6.55. The lowest BCUT2D eigenvalue weighted by atomic mass is 10.1. The number of ether oxygens (including phenoxy) is 1. The number of amides is 1. The fourth-order valence-electron chi connectivity index (χ4n) is 2.87. The quantitative estimate of drug-likeness (QED) is 0.578. The Labute approximate surface area is 175 Å². The van der Waals surface area contributed by atoms with Crippen molar-refractivity contribution in [2.24, 2.45) is 0 Å². The molecular weight excluding hydrogens is 376 g/mol. The van der Waals surface area contributed by atoms with Gasteiger partial charge < -0.3 is 10.1 Å². The highest BCUT2D eigenvalue weighted by Crippen LogP contribution is 2.16. The molecule has 6 nitrogen and oxygen atoms in total. The summed E-state index contributed by atoms with van der Waals surface area (Å²) in [5, 5.41) is 12.2. The first-order chi connectivity index (χ1) is 14.7. The molecule has 0 saturated heterocycles. The molecule has 6 heteroatoms. The number of alkyl carbamates (subject to hydrolysis) is 1. The molecule has 30 heavy (non-hydrogen) atoms. The van der Waals surface area contributed by atoms with Crippen molar-refractivity contribution < 1.29 is 9.53 Å². The molecule has 0 fully saturated rings. The maximum atomic E-state index is 11.8. The number of carbonyl (C=O) groups excluding carboxylic acids is 1. The van der Waals surface area contributed by atoms with Crippen molar-refractivity contribution in [1.82, 2.24) is 15.3 Å². The first-order valence-electron chi connectivity index (χ1n) is 9.66. The van der Waals surface area contributed by atoms with Crippen molar-refractivity contribution in [2.45, 2.75) is 12.8 Å². The van der Waals surface area contributed by atoms with Gasteiger partial charge in [-0.15, -0.1) is 0 Å². The van der Waals surface area contributed by atoms with E-state index in [1.54, 1.807) is 24.7 Å². The van der Waals surface area contributed by atoms with Crippen LogP contribution < -0.4 is 5.32 Å². The minimum atomic E-state index is -0.420. The molecule has 0 unspecified atom stereocenters. The monoisotopic (exact) mass is 398 g/mol. The molecule has 3 rings (SSSR count). The standard InChI is InChI=1S/C24H22N4O2/c25-17-22(23-18-26-12-13-27-23)16-21-8-4-7-20(15-21)10-14-30-24(29)28-11-9-19-5-2-1-3-6-19/h1-8,12-13,15-16,18H,9-11,14H2,(H,28,29). The van der Waals surface area contributed by atoms with Gasteiger partial charge in [0.05, 0.1) is 24.1 Å². The predicted molar refractivity (Wildman–Crippen MR) is 115 cm³/mol. The number of nitrogens with zero attached hydrogens (tertiary/aromatic N) is 3. The second kappa shape index (κ2) is 11.1. The van der Waals surface area contributed by atoms with Crippen LogP contribution in [0.4, 0.5) is 4.79 Å². The van der Waals surface area contributed by atoms with E-state index in [1.165, 1.54) is 5.56 Å². The van der Waals surface area contributed by atoms with Crippen molar-refractivity contribution in [3.8, 4) is 6.07 Å². The van der Waals surface area contributed by atoms with E-state index >= 15 is 0 Å². The van der Waals surface area contributed by atoms with Gasteiger partial charge in [-0.2, -0.15) is 5.26 Å². The van der Waals surface area contributed by atoms with E-state index in [9.17, 15) is 10.1 Å². The van der Waals surface area contributed by atoms with Crippen LogP contribution in [0.2, 0.25) is 0 Å². The van der Waals surface area contributed by atoms with Crippen LogP contribution in [0.3, 0.4) is 0 Å². The Morgan fingerprint density at radius 2 is 1.90 bits per heavy atom.